The Kier molecular flexibility index (Phi) is 11.1. The number of guanidine groups is 1. The van der Waals surface area contributed by atoms with Crippen molar-refractivity contribution >= 4 is 29.9 Å². The third kappa shape index (κ3) is 8.37. The third-order valence-electron chi connectivity index (χ3n) is 4.21. The monoisotopic (exact) mass is 461 g/mol. The molecule has 0 bridgehead atoms. The van der Waals surface area contributed by atoms with Crippen molar-refractivity contribution in [3.05, 3.63) is 35.4 Å². The van der Waals surface area contributed by atoms with Crippen molar-refractivity contribution < 1.29 is 9.47 Å². The number of likely N-dealkylation sites (N-methyl/N-ethyl adjacent to an activating group) is 1. The van der Waals surface area contributed by atoms with Crippen molar-refractivity contribution in [1.29, 1.82) is 0 Å². The van der Waals surface area contributed by atoms with E-state index in [2.05, 4.69) is 39.5 Å². The van der Waals surface area contributed by atoms with Crippen LogP contribution in [0.15, 0.2) is 29.3 Å². The summed E-state index contributed by atoms with van der Waals surface area (Å²) in [5.41, 5.74) is 2.46. The Bertz CT molecular complexity index is 521. The quantitative estimate of drug-likeness (QED) is 0.252. The summed E-state index contributed by atoms with van der Waals surface area (Å²) in [5, 5.41) is 3.43. The Morgan fingerprint density at radius 1 is 1.24 bits per heavy atom. The van der Waals surface area contributed by atoms with Crippen LogP contribution in [-0.4, -0.2) is 51.3 Å². The predicted molar refractivity (Wildman–Crippen MR) is 114 cm³/mol. The van der Waals surface area contributed by atoms with Crippen LogP contribution in [0, 0.1) is 5.92 Å². The first-order valence-corrected chi connectivity index (χ1v) is 8.88. The van der Waals surface area contributed by atoms with Crippen molar-refractivity contribution in [3.63, 3.8) is 0 Å². The second-order valence-electron chi connectivity index (χ2n) is 6.25. The number of benzene rings is 1. The first kappa shape index (κ1) is 22.2. The first-order chi connectivity index (χ1) is 11.7. The van der Waals surface area contributed by atoms with Gasteiger partial charge in [0.05, 0.1) is 13.2 Å². The van der Waals surface area contributed by atoms with Gasteiger partial charge in [-0.05, 0) is 36.8 Å². The zero-order valence-corrected chi connectivity index (χ0v) is 18.0. The van der Waals surface area contributed by atoms with E-state index >= 15 is 0 Å². The molecular weight excluding hydrogens is 429 g/mol. The smallest absolute Gasteiger partial charge is 0.193 e. The molecule has 5 nitrogen and oxygen atoms in total. The van der Waals surface area contributed by atoms with E-state index in [0.29, 0.717) is 6.61 Å². The van der Waals surface area contributed by atoms with Gasteiger partial charge in [0.25, 0.3) is 0 Å². The van der Waals surface area contributed by atoms with Crippen LogP contribution in [0.3, 0.4) is 0 Å². The highest BCUT2D eigenvalue weighted by Gasteiger charge is 2.21. The van der Waals surface area contributed by atoms with E-state index in [1.807, 2.05) is 21.0 Å². The van der Waals surface area contributed by atoms with Gasteiger partial charge in [0, 0.05) is 40.4 Å². The molecule has 1 fully saturated rings. The molecule has 2 rings (SSSR count). The van der Waals surface area contributed by atoms with Crippen LogP contribution in [0.4, 0.5) is 0 Å². The number of nitrogens with one attached hydrogen (secondary N) is 1. The summed E-state index contributed by atoms with van der Waals surface area (Å²) in [4.78, 5) is 6.47. The molecule has 0 radical (unpaired) electrons. The fraction of sp³-hybridized carbons (Fsp3) is 0.632. The van der Waals surface area contributed by atoms with Crippen molar-refractivity contribution in [1.82, 2.24) is 10.2 Å². The molecule has 1 saturated carbocycles. The molecule has 0 atom stereocenters. The number of rotatable bonds is 10. The molecule has 1 aromatic rings. The van der Waals surface area contributed by atoms with Gasteiger partial charge in [-0.3, -0.25) is 4.99 Å². The van der Waals surface area contributed by atoms with Crippen LogP contribution in [0.5, 0.6) is 0 Å². The molecular formula is C19H32IN3O2. The predicted octanol–water partition coefficient (Wildman–Crippen LogP) is 3.27. The maximum absolute atomic E-state index is 5.71. The zero-order chi connectivity index (χ0) is 17.2. The van der Waals surface area contributed by atoms with Gasteiger partial charge >= 0.3 is 0 Å². The molecule has 1 N–H and O–H groups in total. The minimum absolute atomic E-state index is 0. The van der Waals surface area contributed by atoms with Crippen LogP contribution in [0.1, 0.15) is 30.9 Å². The molecule has 142 valence electrons. The van der Waals surface area contributed by atoms with E-state index in [4.69, 9.17) is 9.47 Å². The molecule has 0 unspecified atom stereocenters. The van der Waals surface area contributed by atoms with E-state index in [0.717, 1.165) is 44.8 Å². The van der Waals surface area contributed by atoms with Crippen LogP contribution < -0.4 is 5.32 Å². The summed E-state index contributed by atoms with van der Waals surface area (Å²) in [6.45, 7) is 6.63. The highest BCUT2D eigenvalue weighted by Crippen LogP contribution is 2.28. The van der Waals surface area contributed by atoms with Crippen molar-refractivity contribution in [3.8, 4) is 0 Å². The van der Waals surface area contributed by atoms with Gasteiger partial charge in [0.1, 0.15) is 0 Å². The van der Waals surface area contributed by atoms with Gasteiger partial charge in [-0.1, -0.05) is 24.3 Å². The largest absolute Gasteiger partial charge is 0.379 e. The van der Waals surface area contributed by atoms with Crippen LogP contribution in [0.2, 0.25) is 0 Å². The lowest BCUT2D eigenvalue weighted by molar-refractivity contribution is 0.115. The molecule has 1 aliphatic carbocycles. The number of aliphatic imine (C=N–C) groups is 1. The molecule has 0 amide bonds. The lowest BCUT2D eigenvalue weighted by atomic mass is 10.1. The Labute approximate surface area is 169 Å². The van der Waals surface area contributed by atoms with E-state index in [1.54, 1.807) is 0 Å². The number of ether oxygens (including phenoxy) is 2. The highest BCUT2D eigenvalue weighted by molar-refractivity contribution is 14.0. The molecule has 1 aliphatic rings. The summed E-state index contributed by atoms with van der Waals surface area (Å²) in [6, 6.07) is 8.36. The average Bonchev–Trinajstić information content (AvgIpc) is 3.42. The van der Waals surface area contributed by atoms with Crippen LogP contribution >= 0.6 is 24.0 Å². The molecule has 6 heteroatoms. The zero-order valence-electron chi connectivity index (χ0n) is 15.7. The minimum Gasteiger partial charge on any atom is -0.379 e. The normalized spacial score (nSPS) is 14.1. The molecule has 0 aromatic heterocycles. The van der Waals surface area contributed by atoms with Gasteiger partial charge < -0.3 is 19.7 Å². The van der Waals surface area contributed by atoms with Gasteiger partial charge in [0.15, 0.2) is 5.96 Å². The summed E-state index contributed by atoms with van der Waals surface area (Å²) >= 11 is 0. The lowest BCUT2D eigenvalue weighted by Crippen LogP contribution is -2.40. The van der Waals surface area contributed by atoms with Gasteiger partial charge in [-0.15, -0.1) is 24.0 Å². The maximum Gasteiger partial charge on any atom is 0.193 e. The number of halogens is 1. The van der Waals surface area contributed by atoms with E-state index in [9.17, 15) is 0 Å². The Morgan fingerprint density at radius 2 is 1.96 bits per heavy atom. The molecule has 0 heterocycles. The van der Waals surface area contributed by atoms with E-state index < -0.39 is 0 Å². The van der Waals surface area contributed by atoms with Crippen LogP contribution in [-0.2, 0) is 22.6 Å². The summed E-state index contributed by atoms with van der Waals surface area (Å²) in [7, 11) is 3.86. The Morgan fingerprint density at radius 3 is 2.60 bits per heavy atom. The Hall–Kier alpha value is -0.860. The summed E-state index contributed by atoms with van der Waals surface area (Å²) < 4.78 is 11.3. The van der Waals surface area contributed by atoms with Crippen molar-refractivity contribution in [2.45, 2.75) is 32.9 Å². The van der Waals surface area contributed by atoms with Crippen molar-refractivity contribution in [2.75, 3.05) is 40.5 Å². The maximum atomic E-state index is 5.71. The van der Waals surface area contributed by atoms with Gasteiger partial charge in [0.2, 0.25) is 0 Å². The number of hydrogen-bond donors (Lipinski definition) is 1. The first-order valence-electron chi connectivity index (χ1n) is 8.88. The third-order valence-corrected chi connectivity index (χ3v) is 4.21. The molecule has 1 aromatic carbocycles. The van der Waals surface area contributed by atoms with Crippen LogP contribution in [0.25, 0.3) is 0 Å². The van der Waals surface area contributed by atoms with Gasteiger partial charge in [-0.2, -0.15) is 0 Å². The number of nitrogens with zero attached hydrogens (tertiary/aromatic N) is 2. The minimum atomic E-state index is 0. The van der Waals surface area contributed by atoms with E-state index in [-0.39, 0.29) is 24.0 Å². The molecule has 0 aliphatic heterocycles. The van der Waals surface area contributed by atoms with E-state index in [1.165, 1.54) is 24.0 Å². The summed E-state index contributed by atoms with van der Waals surface area (Å²) in [5.74, 6) is 1.70. The Balaban J connectivity index is 0.00000312. The molecule has 0 spiro atoms. The van der Waals surface area contributed by atoms with Crippen molar-refractivity contribution in [2.24, 2.45) is 10.9 Å². The molecule has 25 heavy (non-hydrogen) atoms. The fourth-order valence-corrected chi connectivity index (χ4v) is 2.48. The highest BCUT2D eigenvalue weighted by atomic mass is 127. The number of hydrogen-bond acceptors (Lipinski definition) is 3. The second-order valence-corrected chi connectivity index (χ2v) is 6.25. The topological polar surface area (TPSA) is 46.1 Å². The SMILES string of the molecule is CCOCc1ccccc1CNC(=NC)N(C)CCOCC1CC1.I. The second kappa shape index (κ2) is 12.5. The summed E-state index contributed by atoms with van der Waals surface area (Å²) in [6.07, 6.45) is 2.67. The average molecular weight is 461 g/mol. The van der Waals surface area contributed by atoms with Gasteiger partial charge in [-0.25, -0.2) is 0 Å². The standard InChI is InChI=1S/C19H31N3O2.HI/c1-4-23-15-18-8-6-5-7-17(18)13-21-19(20-2)22(3)11-12-24-14-16-9-10-16;/h5-8,16H,4,9-15H2,1-3H3,(H,20,21);1H. The lowest BCUT2D eigenvalue weighted by Gasteiger charge is -2.22. The molecule has 0 saturated heterocycles. The fourth-order valence-electron chi connectivity index (χ4n) is 2.48.